The fourth-order valence-corrected chi connectivity index (χ4v) is 6.29. The topological polar surface area (TPSA) is 27.0 Å². The van der Waals surface area contributed by atoms with Crippen LogP contribution < -0.4 is 0 Å². The van der Waals surface area contributed by atoms with Crippen LogP contribution in [0.15, 0.2) is 0 Å². The van der Waals surface area contributed by atoms with Crippen molar-refractivity contribution in [2.45, 2.75) is 51.4 Å². The summed E-state index contributed by atoms with van der Waals surface area (Å²) in [4.78, 5) is 2.59. The van der Waals surface area contributed by atoms with Gasteiger partial charge in [-0.3, -0.25) is 0 Å². The van der Waals surface area contributed by atoms with Gasteiger partial charge in [0.1, 0.15) is 0 Å². The Morgan fingerprint density at radius 3 is 2.05 bits per heavy atom. The van der Waals surface area contributed by atoms with E-state index in [1.54, 1.807) is 0 Å². The number of likely N-dealkylation sites (tertiary alicyclic amines) is 1. The molecule has 0 amide bonds. The van der Waals surface area contributed by atoms with Crippen LogP contribution >= 0.6 is 0 Å². The molecule has 1 aliphatic heterocycles. The highest BCUT2D eigenvalue weighted by atomic mass is 15.1. The molecule has 0 spiro atoms. The van der Waals surface area contributed by atoms with E-state index >= 15 is 0 Å². The van der Waals surface area contributed by atoms with Gasteiger partial charge in [0.15, 0.2) is 0 Å². The quantitative estimate of drug-likeness (QED) is 0.783. The maximum Gasteiger partial charge on any atom is 0.0672 e. The van der Waals surface area contributed by atoms with Crippen LogP contribution in [0.4, 0.5) is 0 Å². The van der Waals surface area contributed by atoms with Crippen molar-refractivity contribution in [1.29, 1.82) is 5.26 Å². The first-order valence-electron chi connectivity index (χ1n) is 8.95. The Morgan fingerprint density at radius 1 is 0.900 bits per heavy atom. The van der Waals surface area contributed by atoms with E-state index in [0.717, 1.165) is 36.1 Å². The van der Waals surface area contributed by atoms with Gasteiger partial charge in [-0.1, -0.05) is 6.42 Å². The Labute approximate surface area is 123 Å². The van der Waals surface area contributed by atoms with E-state index in [2.05, 4.69) is 11.0 Å². The Bertz CT molecular complexity index is 363. The minimum Gasteiger partial charge on any atom is -0.302 e. The number of rotatable bonds is 3. The van der Waals surface area contributed by atoms with Gasteiger partial charge in [-0.05, 0) is 87.6 Å². The number of hydrogen-bond donors (Lipinski definition) is 0. The summed E-state index contributed by atoms with van der Waals surface area (Å²) >= 11 is 0. The van der Waals surface area contributed by atoms with E-state index in [1.807, 2.05) is 0 Å². The van der Waals surface area contributed by atoms with E-state index in [4.69, 9.17) is 0 Å². The SMILES string of the molecule is N#CC(CN1CCCCC1)C1C2CC3CC(C2)CC1C3. The van der Waals surface area contributed by atoms with Gasteiger partial charge in [0.25, 0.3) is 0 Å². The van der Waals surface area contributed by atoms with Crippen molar-refractivity contribution in [2.24, 2.45) is 35.5 Å². The highest BCUT2D eigenvalue weighted by Gasteiger charge is 2.50. The van der Waals surface area contributed by atoms with Crippen molar-refractivity contribution >= 4 is 0 Å². The maximum absolute atomic E-state index is 9.76. The molecule has 1 atom stereocenters. The van der Waals surface area contributed by atoms with Crippen molar-refractivity contribution < 1.29 is 0 Å². The smallest absolute Gasteiger partial charge is 0.0672 e. The molecule has 0 aromatic heterocycles. The molecule has 2 heteroatoms. The second-order valence-electron chi connectivity index (χ2n) is 8.10. The van der Waals surface area contributed by atoms with Gasteiger partial charge in [-0.2, -0.15) is 5.26 Å². The van der Waals surface area contributed by atoms with Crippen LogP contribution in [-0.2, 0) is 0 Å². The minimum atomic E-state index is 0.322. The fourth-order valence-electron chi connectivity index (χ4n) is 6.29. The van der Waals surface area contributed by atoms with Crippen LogP contribution in [0.3, 0.4) is 0 Å². The molecule has 1 unspecified atom stereocenters. The Balaban J connectivity index is 1.46. The predicted octanol–water partition coefficient (Wildman–Crippen LogP) is 3.68. The van der Waals surface area contributed by atoms with E-state index in [0.29, 0.717) is 5.92 Å². The van der Waals surface area contributed by atoms with Crippen LogP contribution in [0.5, 0.6) is 0 Å². The molecule has 0 radical (unpaired) electrons. The average molecular weight is 272 g/mol. The second kappa shape index (κ2) is 5.34. The number of nitrogens with zero attached hydrogens (tertiary/aromatic N) is 2. The molecule has 2 nitrogen and oxygen atoms in total. The number of piperidine rings is 1. The van der Waals surface area contributed by atoms with Crippen LogP contribution in [0.2, 0.25) is 0 Å². The zero-order valence-electron chi connectivity index (χ0n) is 12.6. The van der Waals surface area contributed by atoms with Gasteiger partial charge in [-0.25, -0.2) is 0 Å². The third-order valence-corrected chi connectivity index (χ3v) is 6.83. The first-order valence-corrected chi connectivity index (χ1v) is 8.95. The van der Waals surface area contributed by atoms with Crippen molar-refractivity contribution in [2.75, 3.05) is 19.6 Å². The highest BCUT2D eigenvalue weighted by molar-refractivity contribution is 5.04. The molecule has 4 saturated carbocycles. The lowest BCUT2D eigenvalue weighted by Gasteiger charge is -2.56. The van der Waals surface area contributed by atoms with Crippen molar-refractivity contribution in [3.8, 4) is 6.07 Å². The summed E-state index contributed by atoms with van der Waals surface area (Å²) in [6, 6.07) is 2.74. The largest absolute Gasteiger partial charge is 0.302 e. The predicted molar refractivity (Wildman–Crippen MR) is 79.9 cm³/mol. The highest BCUT2D eigenvalue weighted by Crippen LogP contribution is 2.58. The summed E-state index contributed by atoms with van der Waals surface area (Å²) in [5.41, 5.74) is 0. The lowest BCUT2D eigenvalue weighted by molar-refractivity contribution is -0.0570. The van der Waals surface area contributed by atoms with Crippen LogP contribution in [0, 0.1) is 46.8 Å². The monoisotopic (exact) mass is 272 g/mol. The third-order valence-electron chi connectivity index (χ3n) is 6.83. The molecule has 110 valence electrons. The molecule has 1 saturated heterocycles. The number of nitriles is 1. The van der Waals surface area contributed by atoms with E-state index in [1.165, 1.54) is 64.5 Å². The van der Waals surface area contributed by atoms with Gasteiger partial charge in [0.05, 0.1) is 12.0 Å². The molecular formula is C18H28N2. The first-order chi connectivity index (χ1) is 9.83. The molecule has 20 heavy (non-hydrogen) atoms. The van der Waals surface area contributed by atoms with Crippen molar-refractivity contribution in [1.82, 2.24) is 4.90 Å². The lowest BCUT2D eigenvalue weighted by atomic mass is 9.49. The Kier molecular flexibility index (Phi) is 3.50. The first kappa shape index (κ1) is 13.1. The van der Waals surface area contributed by atoms with Gasteiger partial charge in [-0.15, -0.1) is 0 Å². The van der Waals surface area contributed by atoms with E-state index in [-0.39, 0.29) is 0 Å². The molecule has 5 fully saturated rings. The summed E-state index contributed by atoms with van der Waals surface area (Å²) in [6.07, 6.45) is 11.4. The zero-order chi connectivity index (χ0) is 13.5. The summed E-state index contributed by atoms with van der Waals surface area (Å²) in [7, 11) is 0. The van der Waals surface area contributed by atoms with Gasteiger partial charge < -0.3 is 4.90 Å². The lowest BCUT2D eigenvalue weighted by Crippen LogP contribution is -2.49. The molecule has 4 aliphatic carbocycles. The average Bonchev–Trinajstić information content (AvgIpc) is 2.46. The molecule has 0 aromatic rings. The van der Waals surface area contributed by atoms with Crippen molar-refractivity contribution in [3.63, 3.8) is 0 Å². The van der Waals surface area contributed by atoms with Gasteiger partial charge in [0.2, 0.25) is 0 Å². The van der Waals surface area contributed by atoms with Crippen LogP contribution in [0.25, 0.3) is 0 Å². The normalized spacial score (nSPS) is 45.2. The molecule has 4 bridgehead atoms. The summed E-state index contributed by atoms with van der Waals surface area (Å²) in [5, 5.41) is 9.76. The second-order valence-corrected chi connectivity index (χ2v) is 8.10. The standard InChI is InChI=1S/C18H28N2/c19-11-17(12-20-4-2-1-3-5-20)18-15-7-13-6-14(9-15)10-16(18)8-13/h13-18H,1-10,12H2. The molecule has 5 rings (SSSR count). The Hall–Kier alpha value is -0.550. The number of hydrogen-bond acceptors (Lipinski definition) is 2. The van der Waals surface area contributed by atoms with E-state index in [9.17, 15) is 5.26 Å². The van der Waals surface area contributed by atoms with Crippen molar-refractivity contribution in [3.05, 3.63) is 0 Å². The molecule has 5 aliphatic rings. The zero-order valence-corrected chi connectivity index (χ0v) is 12.6. The van der Waals surface area contributed by atoms with Crippen LogP contribution in [-0.4, -0.2) is 24.5 Å². The minimum absolute atomic E-state index is 0.322. The summed E-state index contributed by atoms with van der Waals surface area (Å²) in [5.74, 6) is 4.94. The van der Waals surface area contributed by atoms with Gasteiger partial charge >= 0.3 is 0 Å². The molecule has 1 heterocycles. The maximum atomic E-state index is 9.76. The molecule has 0 aromatic carbocycles. The molecule has 0 N–H and O–H groups in total. The Morgan fingerprint density at radius 2 is 1.50 bits per heavy atom. The van der Waals surface area contributed by atoms with Gasteiger partial charge in [0, 0.05) is 6.54 Å². The third kappa shape index (κ3) is 2.29. The molecular weight excluding hydrogens is 244 g/mol. The summed E-state index contributed by atoms with van der Waals surface area (Å²) < 4.78 is 0. The van der Waals surface area contributed by atoms with Crippen LogP contribution in [0.1, 0.15) is 51.4 Å². The van der Waals surface area contributed by atoms with E-state index < -0.39 is 0 Å². The fraction of sp³-hybridized carbons (Fsp3) is 0.944. The summed E-state index contributed by atoms with van der Waals surface area (Å²) in [6.45, 7) is 3.56.